The molecule has 3 N–H and O–H groups in total. The van der Waals surface area contributed by atoms with Gasteiger partial charge in [-0.2, -0.15) is 0 Å². The maximum Gasteiger partial charge on any atom is 0.221 e. The summed E-state index contributed by atoms with van der Waals surface area (Å²) in [6.45, 7) is 5.78. The number of amides is 1. The first-order valence-electron chi connectivity index (χ1n) is 9.43. The predicted octanol–water partition coefficient (Wildman–Crippen LogP) is 5.05. The number of rotatable bonds is 7. The second kappa shape index (κ2) is 8.99. The first-order chi connectivity index (χ1) is 13.6. The molecule has 0 saturated carbocycles. The Bertz CT molecular complexity index is 948. The number of aryl methyl sites for hydroxylation is 2. The van der Waals surface area contributed by atoms with Gasteiger partial charge >= 0.3 is 0 Å². The van der Waals surface area contributed by atoms with Crippen LogP contribution in [0, 0.1) is 0 Å². The van der Waals surface area contributed by atoms with E-state index >= 15 is 0 Å². The highest BCUT2D eigenvalue weighted by molar-refractivity contribution is 5.89. The Hall–Kier alpha value is -3.41. The van der Waals surface area contributed by atoms with Gasteiger partial charge in [0.15, 0.2) is 0 Å². The molecule has 3 rings (SSSR count). The molecule has 0 fully saturated rings. The normalized spacial score (nSPS) is 10.4. The van der Waals surface area contributed by atoms with Crippen LogP contribution >= 0.6 is 0 Å². The zero-order valence-electron chi connectivity index (χ0n) is 16.4. The molecular weight excluding hydrogens is 350 g/mol. The number of benzene rings is 2. The molecule has 0 spiro atoms. The molecule has 0 bridgehead atoms. The fourth-order valence-corrected chi connectivity index (χ4v) is 3.05. The number of nitrogens with one attached hydrogen (secondary N) is 3. The molecule has 6 heteroatoms. The Morgan fingerprint density at radius 2 is 1.46 bits per heavy atom. The molecule has 28 heavy (non-hydrogen) atoms. The van der Waals surface area contributed by atoms with Crippen molar-refractivity contribution in [1.82, 2.24) is 9.97 Å². The second-order valence-electron chi connectivity index (χ2n) is 6.46. The molecule has 0 aliphatic heterocycles. The summed E-state index contributed by atoms with van der Waals surface area (Å²) in [7, 11) is 0. The van der Waals surface area contributed by atoms with Gasteiger partial charge in [0.05, 0.1) is 0 Å². The summed E-state index contributed by atoms with van der Waals surface area (Å²) in [6, 6.07) is 15.7. The van der Waals surface area contributed by atoms with E-state index in [2.05, 4.69) is 58.0 Å². The van der Waals surface area contributed by atoms with Crippen molar-refractivity contribution in [3.63, 3.8) is 0 Å². The maximum absolute atomic E-state index is 11.2. The van der Waals surface area contributed by atoms with Crippen molar-refractivity contribution in [2.75, 3.05) is 16.0 Å². The summed E-state index contributed by atoms with van der Waals surface area (Å²) in [5.41, 5.74) is 5.20. The molecule has 0 radical (unpaired) electrons. The number of para-hydroxylation sites is 1. The van der Waals surface area contributed by atoms with Crippen LogP contribution in [0.25, 0.3) is 0 Å². The van der Waals surface area contributed by atoms with E-state index in [1.807, 2.05) is 30.3 Å². The molecule has 1 aromatic heterocycles. The molecule has 0 unspecified atom stereocenters. The lowest BCUT2D eigenvalue weighted by Crippen LogP contribution is -2.06. The smallest absolute Gasteiger partial charge is 0.221 e. The standard InChI is InChI=1S/C22H25N5O/c1-4-16-8-6-9-17(5-2)22(16)27-21-13-20(23-14-24-21)26-19-11-7-10-18(12-19)25-15(3)28/h6-14H,4-5H2,1-3H3,(H,25,28)(H2,23,24,26,27). The van der Waals surface area contributed by atoms with E-state index in [-0.39, 0.29) is 5.91 Å². The van der Waals surface area contributed by atoms with Crippen molar-refractivity contribution in [2.24, 2.45) is 0 Å². The molecule has 2 aromatic carbocycles. The Balaban J connectivity index is 1.81. The van der Waals surface area contributed by atoms with Crippen molar-refractivity contribution >= 4 is 34.6 Å². The van der Waals surface area contributed by atoms with Gasteiger partial charge in [-0.25, -0.2) is 9.97 Å². The molecule has 6 nitrogen and oxygen atoms in total. The van der Waals surface area contributed by atoms with Gasteiger partial charge in [-0.3, -0.25) is 4.79 Å². The van der Waals surface area contributed by atoms with Crippen LogP contribution in [0.5, 0.6) is 0 Å². The second-order valence-corrected chi connectivity index (χ2v) is 6.46. The predicted molar refractivity (Wildman–Crippen MR) is 115 cm³/mol. The van der Waals surface area contributed by atoms with Gasteiger partial charge in [0.25, 0.3) is 0 Å². The molecule has 1 amide bonds. The van der Waals surface area contributed by atoms with Crippen LogP contribution in [-0.2, 0) is 17.6 Å². The number of anilines is 5. The van der Waals surface area contributed by atoms with Crippen LogP contribution in [0.4, 0.5) is 28.7 Å². The summed E-state index contributed by atoms with van der Waals surface area (Å²) in [6.07, 6.45) is 3.42. The van der Waals surface area contributed by atoms with E-state index in [1.165, 1.54) is 24.4 Å². The van der Waals surface area contributed by atoms with E-state index in [1.54, 1.807) is 0 Å². The minimum Gasteiger partial charge on any atom is -0.340 e. The maximum atomic E-state index is 11.2. The van der Waals surface area contributed by atoms with Crippen LogP contribution in [-0.4, -0.2) is 15.9 Å². The number of hydrogen-bond acceptors (Lipinski definition) is 5. The van der Waals surface area contributed by atoms with E-state index in [0.29, 0.717) is 5.82 Å². The number of nitrogens with zero attached hydrogens (tertiary/aromatic N) is 2. The topological polar surface area (TPSA) is 78.9 Å². The van der Waals surface area contributed by atoms with E-state index < -0.39 is 0 Å². The van der Waals surface area contributed by atoms with Gasteiger partial charge in [0.2, 0.25) is 5.91 Å². The molecule has 144 valence electrons. The van der Waals surface area contributed by atoms with Gasteiger partial charge in [-0.15, -0.1) is 0 Å². The average Bonchev–Trinajstić information content (AvgIpc) is 2.68. The largest absolute Gasteiger partial charge is 0.340 e. The molecule has 0 saturated heterocycles. The van der Waals surface area contributed by atoms with Crippen molar-refractivity contribution in [3.05, 3.63) is 66.0 Å². The van der Waals surface area contributed by atoms with Crippen molar-refractivity contribution in [1.29, 1.82) is 0 Å². The van der Waals surface area contributed by atoms with Gasteiger partial charge < -0.3 is 16.0 Å². The highest BCUT2D eigenvalue weighted by Crippen LogP contribution is 2.27. The number of carbonyl (C=O) groups excluding carboxylic acids is 1. The quantitative estimate of drug-likeness (QED) is 0.539. The van der Waals surface area contributed by atoms with E-state index in [4.69, 9.17) is 0 Å². The summed E-state index contributed by atoms with van der Waals surface area (Å²) in [5, 5.41) is 9.49. The lowest BCUT2D eigenvalue weighted by molar-refractivity contribution is -0.114. The third-order valence-corrected chi connectivity index (χ3v) is 4.37. The molecule has 0 aliphatic carbocycles. The fourth-order valence-electron chi connectivity index (χ4n) is 3.05. The Morgan fingerprint density at radius 3 is 2.11 bits per heavy atom. The molecule has 0 aliphatic rings. The summed E-state index contributed by atoms with van der Waals surface area (Å²) in [5.74, 6) is 1.29. The van der Waals surface area contributed by atoms with Crippen molar-refractivity contribution < 1.29 is 4.79 Å². The third-order valence-electron chi connectivity index (χ3n) is 4.37. The van der Waals surface area contributed by atoms with Gasteiger partial charge in [0.1, 0.15) is 18.0 Å². The molecular formula is C22H25N5O. The van der Waals surface area contributed by atoms with Crippen LogP contribution in [0.2, 0.25) is 0 Å². The van der Waals surface area contributed by atoms with Gasteiger partial charge in [0, 0.05) is 30.1 Å². The molecule has 1 heterocycles. The zero-order chi connectivity index (χ0) is 19.9. The van der Waals surface area contributed by atoms with Gasteiger partial charge in [-0.1, -0.05) is 38.1 Å². The Kier molecular flexibility index (Phi) is 6.22. The first kappa shape index (κ1) is 19.4. The summed E-state index contributed by atoms with van der Waals surface area (Å²) >= 11 is 0. The monoisotopic (exact) mass is 375 g/mol. The molecule has 0 atom stereocenters. The van der Waals surface area contributed by atoms with Crippen LogP contribution in [0.3, 0.4) is 0 Å². The van der Waals surface area contributed by atoms with E-state index in [0.717, 1.165) is 35.7 Å². The fraction of sp³-hybridized carbons (Fsp3) is 0.227. The Morgan fingerprint density at radius 1 is 0.857 bits per heavy atom. The van der Waals surface area contributed by atoms with Crippen molar-refractivity contribution in [3.8, 4) is 0 Å². The van der Waals surface area contributed by atoms with Crippen LogP contribution < -0.4 is 16.0 Å². The first-order valence-corrected chi connectivity index (χ1v) is 9.43. The number of hydrogen-bond donors (Lipinski definition) is 3. The van der Waals surface area contributed by atoms with E-state index in [9.17, 15) is 4.79 Å². The SMILES string of the molecule is CCc1cccc(CC)c1Nc1cc(Nc2cccc(NC(C)=O)c2)ncn1. The van der Waals surface area contributed by atoms with Gasteiger partial charge in [-0.05, 0) is 42.2 Å². The van der Waals surface area contributed by atoms with Crippen LogP contribution in [0.1, 0.15) is 31.9 Å². The average molecular weight is 375 g/mol. The summed E-state index contributed by atoms with van der Waals surface area (Å²) in [4.78, 5) is 19.9. The minimum atomic E-state index is -0.105. The third kappa shape index (κ3) is 4.85. The minimum absolute atomic E-state index is 0.105. The van der Waals surface area contributed by atoms with Crippen LogP contribution in [0.15, 0.2) is 54.9 Å². The number of aromatic nitrogens is 2. The highest BCUT2D eigenvalue weighted by atomic mass is 16.1. The molecule has 3 aromatic rings. The lowest BCUT2D eigenvalue weighted by Gasteiger charge is -2.15. The number of carbonyl (C=O) groups is 1. The van der Waals surface area contributed by atoms with Crippen molar-refractivity contribution in [2.45, 2.75) is 33.6 Å². The lowest BCUT2D eigenvalue weighted by atomic mass is 10.0. The Labute approximate surface area is 165 Å². The zero-order valence-corrected chi connectivity index (χ0v) is 16.4. The summed E-state index contributed by atoms with van der Waals surface area (Å²) < 4.78 is 0. The highest BCUT2D eigenvalue weighted by Gasteiger charge is 2.08.